The Kier molecular flexibility index (Phi) is 7.04. The highest BCUT2D eigenvalue weighted by molar-refractivity contribution is 5.95. The zero-order valence-electron chi connectivity index (χ0n) is 13.5. The predicted molar refractivity (Wildman–Crippen MR) is 95.1 cm³/mol. The Labute approximate surface area is 157 Å². The van der Waals surface area contributed by atoms with Crippen molar-refractivity contribution in [3.05, 3.63) is 96.3 Å². The predicted octanol–water partition coefficient (Wildman–Crippen LogP) is 0.307. The van der Waals surface area contributed by atoms with Gasteiger partial charge in [0.15, 0.2) is 6.20 Å². The Balaban J connectivity index is 0.00000225. The molecule has 0 saturated carbocycles. The maximum absolute atomic E-state index is 12.4. The molecule has 1 aromatic heterocycles. The molecule has 0 amide bonds. The second-order valence-electron chi connectivity index (χ2n) is 5.28. The molecule has 0 fully saturated rings. The number of hydrogen-bond donors (Lipinski definition) is 1. The van der Waals surface area contributed by atoms with Gasteiger partial charge >= 0.3 is 0 Å². The van der Waals surface area contributed by atoms with Crippen molar-refractivity contribution < 1.29 is 26.3 Å². The van der Waals surface area contributed by atoms with E-state index >= 15 is 0 Å². The zero-order valence-corrected chi connectivity index (χ0v) is 15.1. The van der Waals surface area contributed by atoms with Crippen molar-refractivity contribution in [2.24, 2.45) is 5.10 Å². The maximum atomic E-state index is 12.4. The number of Topliss-reactive ketones (excluding diaryl/α,β-unsaturated/α-hetero) is 1. The minimum absolute atomic E-state index is 0. The van der Waals surface area contributed by atoms with Crippen LogP contribution in [0.15, 0.2) is 90.2 Å². The highest BCUT2D eigenvalue weighted by Gasteiger charge is 2.14. The van der Waals surface area contributed by atoms with E-state index in [0.29, 0.717) is 5.56 Å². The number of nitrogens with zero attached hydrogens (tertiary/aromatic N) is 2. The fourth-order valence-corrected chi connectivity index (χ4v) is 2.31. The first-order valence-electron chi connectivity index (χ1n) is 7.74. The molecule has 25 heavy (non-hydrogen) atoms. The van der Waals surface area contributed by atoms with Gasteiger partial charge in [0, 0.05) is 17.7 Å². The summed E-state index contributed by atoms with van der Waals surface area (Å²) in [5.41, 5.74) is 5.45. The summed E-state index contributed by atoms with van der Waals surface area (Å²) < 4.78 is 1.88. The number of carbonyl (C=O) groups is 1. The molecule has 0 radical (unpaired) electrons. The molecule has 4 nitrogen and oxygen atoms in total. The zero-order chi connectivity index (χ0) is 16.6. The third-order valence-electron chi connectivity index (χ3n) is 3.55. The van der Waals surface area contributed by atoms with Crippen LogP contribution in [0.5, 0.6) is 0 Å². The third kappa shape index (κ3) is 5.36. The average Bonchev–Trinajstić information content (AvgIpc) is 2.65. The van der Waals surface area contributed by atoms with Crippen LogP contribution in [0.1, 0.15) is 16.1 Å². The number of nitrogens with one attached hydrogen (secondary N) is 1. The van der Waals surface area contributed by atoms with Gasteiger partial charge in [-0.15, -0.1) is 0 Å². The number of hydrazone groups is 1. The monoisotopic (exact) mass is 395 g/mol. The number of anilines is 1. The number of ketones is 1. The summed E-state index contributed by atoms with van der Waals surface area (Å²) in [7, 11) is 0. The van der Waals surface area contributed by atoms with E-state index in [9.17, 15) is 4.79 Å². The van der Waals surface area contributed by atoms with Gasteiger partial charge in [0.2, 0.25) is 18.0 Å². The molecule has 0 unspecified atom stereocenters. The van der Waals surface area contributed by atoms with Crippen molar-refractivity contribution in [2.75, 3.05) is 5.43 Å². The van der Waals surface area contributed by atoms with Gasteiger partial charge in [0.25, 0.3) is 0 Å². The minimum Gasteiger partial charge on any atom is -1.00 e. The smallest absolute Gasteiger partial charge is 0.227 e. The van der Waals surface area contributed by atoms with E-state index in [2.05, 4.69) is 10.5 Å². The van der Waals surface area contributed by atoms with Gasteiger partial charge in [-0.25, -0.2) is 0 Å². The van der Waals surface area contributed by atoms with Crippen LogP contribution in [-0.4, -0.2) is 12.0 Å². The number of halogens is 1. The van der Waals surface area contributed by atoms with Crippen LogP contribution in [0.4, 0.5) is 5.69 Å². The number of pyridine rings is 1. The first-order chi connectivity index (χ1) is 11.8. The molecule has 0 aliphatic carbocycles. The number of hydrogen-bond acceptors (Lipinski definition) is 3. The summed E-state index contributed by atoms with van der Waals surface area (Å²) in [6.45, 7) is 0.275. The molecule has 0 spiro atoms. The summed E-state index contributed by atoms with van der Waals surface area (Å²) in [5, 5.41) is 4.25. The molecule has 0 saturated heterocycles. The van der Waals surface area contributed by atoms with Crippen molar-refractivity contribution in [2.45, 2.75) is 6.54 Å². The molecule has 126 valence electrons. The van der Waals surface area contributed by atoms with Crippen molar-refractivity contribution in [1.29, 1.82) is 0 Å². The van der Waals surface area contributed by atoms with Gasteiger partial charge < -0.3 is 17.0 Å². The van der Waals surface area contributed by atoms with Crippen molar-refractivity contribution >= 4 is 17.7 Å². The lowest BCUT2D eigenvalue weighted by molar-refractivity contribution is -0.684. The number of carbonyl (C=O) groups excluding carboxylic acids is 1. The summed E-state index contributed by atoms with van der Waals surface area (Å²) in [4.78, 5) is 12.4. The van der Waals surface area contributed by atoms with E-state index in [-0.39, 0.29) is 29.3 Å². The van der Waals surface area contributed by atoms with Crippen LogP contribution in [-0.2, 0) is 6.54 Å². The van der Waals surface area contributed by atoms with E-state index in [0.717, 1.165) is 11.4 Å². The summed E-state index contributed by atoms with van der Waals surface area (Å²) in [5.74, 6) is 0.0671. The molecule has 1 N–H and O–H groups in total. The molecule has 2 aromatic carbocycles. The van der Waals surface area contributed by atoms with Gasteiger partial charge in [0.1, 0.15) is 6.21 Å². The topological polar surface area (TPSA) is 45.3 Å². The first-order valence-corrected chi connectivity index (χ1v) is 7.74. The Morgan fingerprint density at radius 2 is 1.56 bits per heavy atom. The van der Waals surface area contributed by atoms with E-state index in [1.165, 1.54) is 0 Å². The number of aromatic nitrogens is 1. The van der Waals surface area contributed by atoms with E-state index in [4.69, 9.17) is 0 Å². The van der Waals surface area contributed by atoms with Crippen LogP contribution in [0, 0.1) is 0 Å². The van der Waals surface area contributed by atoms with Crippen LogP contribution < -0.4 is 27.0 Å². The van der Waals surface area contributed by atoms with Crippen LogP contribution in [0.25, 0.3) is 0 Å². The highest BCUT2D eigenvalue weighted by Crippen LogP contribution is 2.04. The normalized spacial score (nSPS) is 10.2. The molecule has 1 heterocycles. The standard InChI is InChI=1S/C20H17N3O.BrH/c24-20(17-9-3-1-4-10-17)16-23-14-8-7-13-19(23)15-21-22-18-11-5-2-6-12-18;/h1-15H,16H2;1H. The molecule has 0 aliphatic heterocycles. The van der Waals surface area contributed by atoms with Crippen LogP contribution >= 0.6 is 0 Å². The Morgan fingerprint density at radius 1 is 0.920 bits per heavy atom. The maximum Gasteiger partial charge on any atom is 0.227 e. The first kappa shape index (κ1) is 18.5. The van der Waals surface area contributed by atoms with Crippen LogP contribution in [0.2, 0.25) is 0 Å². The molecule has 0 atom stereocenters. The van der Waals surface area contributed by atoms with Gasteiger partial charge in [-0.05, 0) is 18.2 Å². The van der Waals surface area contributed by atoms with Crippen molar-refractivity contribution in [3.63, 3.8) is 0 Å². The lowest BCUT2D eigenvalue weighted by Crippen LogP contribution is -3.00. The van der Waals surface area contributed by atoms with Crippen LogP contribution in [0.3, 0.4) is 0 Å². The number of rotatable bonds is 6. The molecular weight excluding hydrogens is 378 g/mol. The molecule has 3 aromatic rings. The van der Waals surface area contributed by atoms with Gasteiger partial charge in [-0.1, -0.05) is 48.5 Å². The summed E-state index contributed by atoms with van der Waals surface area (Å²) >= 11 is 0. The molecule has 0 aliphatic rings. The van der Waals surface area contributed by atoms with Gasteiger partial charge in [-0.2, -0.15) is 9.67 Å². The largest absolute Gasteiger partial charge is 1.00 e. The lowest BCUT2D eigenvalue weighted by atomic mass is 10.1. The van der Waals surface area contributed by atoms with Crippen molar-refractivity contribution in [1.82, 2.24) is 0 Å². The Morgan fingerprint density at radius 3 is 2.28 bits per heavy atom. The van der Waals surface area contributed by atoms with E-state index < -0.39 is 0 Å². The summed E-state index contributed by atoms with van der Waals surface area (Å²) in [6.07, 6.45) is 3.59. The molecule has 5 heteroatoms. The van der Waals surface area contributed by atoms with E-state index in [1.54, 1.807) is 6.21 Å². The van der Waals surface area contributed by atoms with E-state index in [1.807, 2.05) is 89.6 Å². The highest BCUT2D eigenvalue weighted by atomic mass is 79.9. The summed E-state index contributed by atoms with van der Waals surface area (Å²) in [6, 6.07) is 24.8. The number of para-hydroxylation sites is 1. The molecule has 0 bridgehead atoms. The van der Waals surface area contributed by atoms with Gasteiger partial charge in [-0.3, -0.25) is 10.2 Å². The van der Waals surface area contributed by atoms with Gasteiger partial charge in [0.05, 0.1) is 5.69 Å². The average molecular weight is 396 g/mol. The minimum atomic E-state index is 0. The quantitative estimate of drug-likeness (QED) is 0.282. The number of benzene rings is 2. The fourth-order valence-electron chi connectivity index (χ4n) is 2.31. The third-order valence-corrected chi connectivity index (χ3v) is 3.55. The fraction of sp³-hybridized carbons (Fsp3) is 0.0500. The lowest BCUT2D eigenvalue weighted by Gasteiger charge is -2.01. The second-order valence-corrected chi connectivity index (χ2v) is 5.28. The Hall–Kier alpha value is -2.79. The van der Waals surface area contributed by atoms with Crippen molar-refractivity contribution in [3.8, 4) is 0 Å². The SMILES string of the molecule is O=C(C[n+]1ccccc1/C=N/Nc1ccccc1)c1ccccc1.[Br-]. The second kappa shape index (κ2) is 9.49. The molecular formula is C20H18BrN3O. The Bertz CT molecular complexity index is 836. The molecule has 3 rings (SSSR count).